The molecular weight excluding hydrogens is 446 g/mol. The molecule has 0 saturated carbocycles. The molecule has 7 heteroatoms. The van der Waals surface area contributed by atoms with Crippen molar-refractivity contribution in [3.63, 3.8) is 0 Å². The lowest BCUT2D eigenvalue weighted by atomic mass is 9.73. The fourth-order valence-corrected chi connectivity index (χ4v) is 5.38. The number of guanidine groups is 1. The molecule has 1 saturated heterocycles. The van der Waals surface area contributed by atoms with Gasteiger partial charge in [0.1, 0.15) is 17.2 Å². The minimum atomic E-state index is -0.624. The van der Waals surface area contributed by atoms with Gasteiger partial charge in [-0.25, -0.2) is 13.8 Å². The van der Waals surface area contributed by atoms with Crippen molar-refractivity contribution in [1.82, 2.24) is 9.80 Å². The molecule has 1 amide bonds. The van der Waals surface area contributed by atoms with Crippen molar-refractivity contribution in [3.05, 3.63) is 95.6 Å². The van der Waals surface area contributed by atoms with Gasteiger partial charge in [-0.15, -0.1) is 0 Å². The Labute approximate surface area is 203 Å². The Morgan fingerprint density at radius 2 is 1.74 bits per heavy atom. The fourth-order valence-electron chi connectivity index (χ4n) is 5.38. The van der Waals surface area contributed by atoms with E-state index in [1.807, 2.05) is 65.4 Å². The van der Waals surface area contributed by atoms with E-state index >= 15 is 0 Å². The van der Waals surface area contributed by atoms with E-state index in [1.165, 1.54) is 6.07 Å². The zero-order valence-corrected chi connectivity index (χ0v) is 19.6. The summed E-state index contributed by atoms with van der Waals surface area (Å²) in [4.78, 5) is 21.7. The average Bonchev–Trinajstić information content (AvgIpc) is 3.20. The predicted molar refractivity (Wildman–Crippen MR) is 133 cm³/mol. The van der Waals surface area contributed by atoms with Crippen LogP contribution < -0.4 is 5.73 Å². The molecule has 2 aliphatic rings. The van der Waals surface area contributed by atoms with E-state index in [4.69, 9.17) is 10.7 Å². The van der Waals surface area contributed by atoms with Gasteiger partial charge in [0.15, 0.2) is 5.96 Å². The SMILES string of the molecule is CN1CC(c2cccc(-c3cc(F)ccc3F)c2)(C2CCN(C(=O)c3ccccc3)CC2)N=C1N. The van der Waals surface area contributed by atoms with Crippen LogP contribution >= 0.6 is 0 Å². The summed E-state index contributed by atoms with van der Waals surface area (Å²) in [6.45, 7) is 1.83. The maximum Gasteiger partial charge on any atom is 0.253 e. The van der Waals surface area contributed by atoms with Crippen LogP contribution in [-0.2, 0) is 5.54 Å². The van der Waals surface area contributed by atoms with Gasteiger partial charge in [-0.3, -0.25) is 4.79 Å². The van der Waals surface area contributed by atoms with Crippen LogP contribution in [0.5, 0.6) is 0 Å². The standard InChI is InChI=1S/C28H28F2N4O/c1-33-18-28(32-27(33)31,21-12-14-34(15-13-21)26(35)19-6-3-2-4-7-19)22-9-5-8-20(16-22)24-17-23(29)10-11-25(24)30/h2-11,16-17,21H,12-15,18H2,1H3,(H2,31,32). The molecule has 2 heterocycles. The van der Waals surface area contributed by atoms with Crippen LogP contribution in [0.15, 0.2) is 77.8 Å². The van der Waals surface area contributed by atoms with Crippen molar-refractivity contribution in [2.75, 3.05) is 26.7 Å². The molecule has 2 aliphatic heterocycles. The van der Waals surface area contributed by atoms with Crippen molar-refractivity contribution in [1.29, 1.82) is 0 Å². The van der Waals surface area contributed by atoms with E-state index in [1.54, 1.807) is 6.07 Å². The summed E-state index contributed by atoms with van der Waals surface area (Å²) in [6.07, 6.45) is 1.53. The maximum atomic E-state index is 14.5. The molecular formula is C28H28F2N4O. The fraction of sp³-hybridized carbons (Fsp3) is 0.286. The van der Waals surface area contributed by atoms with Gasteiger partial charge in [-0.05, 0) is 66.3 Å². The molecule has 1 unspecified atom stereocenters. The Kier molecular flexibility index (Phi) is 6.01. The zero-order valence-electron chi connectivity index (χ0n) is 19.6. The van der Waals surface area contributed by atoms with Gasteiger partial charge in [0.25, 0.3) is 5.91 Å². The summed E-state index contributed by atoms with van der Waals surface area (Å²) < 4.78 is 28.4. The summed E-state index contributed by atoms with van der Waals surface area (Å²) in [6, 6.07) is 20.3. The molecule has 5 rings (SSSR count). The lowest BCUT2D eigenvalue weighted by molar-refractivity contribution is 0.0634. The lowest BCUT2D eigenvalue weighted by Gasteiger charge is -2.41. The largest absolute Gasteiger partial charge is 0.370 e. The van der Waals surface area contributed by atoms with E-state index < -0.39 is 17.2 Å². The molecule has 0 bridgehead atoms. The summed E-state index contributed by atoms with van der Waals surface area (Å²) in [5.74, 6) is -0.335. The molecule has 0 spiro atoms. The second kappa shape index (κ2) is 9.13. The third-order valence-corrected chi connectivity index (χ3v) is 7.26. The number of likely N-dealkylation sites (tertiary alicyclic amines) is 1. The van der Waals surface area contributed by atoms with Gasteiger partial charge in [0, 0.05) is 31.3 Å². The molecule has 35 heavy (non-hydrogen) atoms. The van der Waals surface area contributed by atoms with Crippen LogP contribution in [0.1, 0.15) is 28.8 Å². The number of halogens is 2. The monoisotopic (exact) mass is 474 g/mol. The highest BCUT2D eigenvalue weighted by Gasteiger charge is 2.47. The Morgan fingerprint density at radius 3 is 2.43 bits per heavy atom. The summed E-state index contributed by atoms with van der Waals surface area (Å²) >= 11 is 0. The Morgan fingerprint density at radius 1 is 1.00 bits per heavy atom. The predicted octanol–water partition coefficient (Wildman–Crippen LogP) is 4.64. The van der Waals surface area contributed by atoms with Crippen LogP contribution in [0.4, 0.5) is 8.78 Å². The first-order chi connectivity index (χ1) is 16.9. The number of rotatable bonds is 4. The topological polar surface area (TPSA) is 61.9 Å². The maximum absolute atomic E-state index is 14.5. The molecule has 3 aromatic carbocycles. The number of hydrogen-bond acceptors (Lipinski definition) is 4. The van der Waals surface area contributed by atoms with Crippen molar-refractivity contribution in [2.24, 2.45) is 16.6 Å². The lowest BCUT2D eigenvalue weighted by Crippen LogP contribution is -2.46. The van der Waals surface area contributed by atoms with Gasteiger partial charge in [0.2, 0.25) is 0 Å². The van der Waals surface area contributed by atoms with Crippen molar-refractivity contribution in [3.8, 4) is 11.1 Å². The Bertz CT molecular complexity index is 1270. The molecule has 2 N–H and O–H groups in total. The van der Waals surface area contributed by atoms with Gasteiger partial charge < -0.3 is 15.5 Å². The molecule has 1 atom stereocenters. The average molecular weight is 475 g/mol. The highest BCUT2D eigenvalue weighted by Crippen LogP contribution is 2.44. The molecule has 0 radical (unpaired) electrons. The summed E-state index contributed by atoms with van der Waals surface area (Å²) in [7, 11) is 1.91. The van der Waals surface area contributed by atoms with Crippen molar-refractivity contribution >= 4 is 11.9 Å². The smallest absolute Gasteiger partial charge is 0.253 e. The number of amides is 1. The number of aliphatic imine (C=N–C) groups is 1. The molecule has 5 nitrogen and oxygen atoms in total. The molecule has 0 aromatic heterocycles. The van der Waals surface area contributed by atoms with E-state index in [9.17, 15) is 13.6 Å². The first-order valence-electron chi connectivity index (χ1n) is 11.8. The zero-order chi connectivity index (χ0) is 24.6. The van der Waals surface area contributed by atoms with Crippen LogP contribution in [0.25, 0.3) is 11.1 Å². The van der Waals surface area contributed by atoms with Crippen LogP contribution in [0.3, 0.4) is 0 Å². The van der Waals surface area contributed by atoms with Crippen LogP contribution in [0, 0.1) is 17.6 Å². The minimum Gasteiger partial charge on any atom is -0.370 e. The first-order valence-corrected chi connectivity index (χ1v) is 11.8. The van der Waals surface area contributed by atoms with Gasteiger partial charge in [-0.1, -0.05) is 36.4 Å². The second-order valence-electron chi connectivity index (χ2n) is 9.39. The van der Waals surface area contributed by atoms with Gasteiger partial charge in [0.05, 0.1) is 6.54 Å². The van der Waals surface area contributed by atoms with E-state index in [0.29, 0.717) is 36.7 Å². The number of likely N-dealkylation sites (N-methyl/N-ethyl adjacent to an activating group) is 1. The third kappa shape index (κ3) is 4.27. The number of nitrogens with zero attached hydrogens (tertiary/aromatic N) is 3. The quantitative estimate of drug-likeness (QED) is 0.599. The molecule has 1 fully saturated rings. The highest BCUT2D eigenvalue weighted by molar-refractivity contribution is 5.94. The normalized spacial score (nSPS) is 20.7. The van der Waals surface area contributed by atoms with Gasteiger partial charge >= 0.3 is 0 Å². The van der Waals surface area contributed by atoms with Crippen molar-refractivity contribution in [2.45, 2.75) is 18.4 Å². The third-order valence-electron chi connectivity index (χ3n) is 7.26. The first kappa shape index (κ1) is 23.0. The molecule has 3 aromatic rings. The van der Waals surface area contributed by atoms with Crippen LogP contribution in [-0.4, -0.2) is 48.3 Å². The minimum absolute atomic E-state index is 0.0354. The van der Waals surface area contributed by atoms with Gasteiger partial charge in [-0.2, -0.15) is 0 Å². The Balaban J connectivity index is 1.45. The second-order valence-corrected chi connectivity index (χ2v) is 9.39. The van der Waals surface area contributed by atoms with Crippen LogP contribution in [0.2, 0.25) is 0 Å². The number of hydrogen-bond donors (Lipinski definition) is 1. The van der Waals surface area contributed by atoms with E-state index in [-0.39, 0.29) is 17.4 Å². The number of carbonyl (C=O) groups is 1. The summed E-state index contributed by atoms with van der Waals surface area (Å²) in [5, 5.41) is 0. The summed E-state index contributed by atoms with van der Waals surface area (Å²) in [5.41, 5.74) is 8.04. The van der Waals surface area contributed by atoms with E-state index in [2.05, 4.69) is 0 Å². The molecule has 0 aliphatic carbocycles. The number of benzene rings is 3. The van der Waals surface area contributed by atoms with Crippen molar-refractivity contribution < 1.29 is 13.6 Å². The number of nitrogens with two attached hydrogens (primary N) is 1. The number of piperidine rings is 1. The Hall–Kier alpha value is -3.74. The highest BCUT2D eigenvalue weighted by atomic mass is 19.1. The van der Waals surface area contributed by atoms with E-state index in [0.717, 1.165) is 30.5 Å². The molecule has 180 valence electrons. The number of carbonyl (C=O) groups excluding carboxylic acids is 1.